The van der Waals surface area contributed by atoms with E-state index in [0.29, 0.717) is 6.92 Å². The Kier molecular flexibility index (Phi) is 11.9. The number of carboxylic acid groups (broad SMARTS) is 1. The summed E-state index contributed by atoms with van der Waals surface area (Å²) in [6.07, 6.45) is -10.6. The first kappa shape index (κ1) is 38.5. The fraction of sp³-hybridized carbons (Fsp3) is 0.857. The summed E-state index contributed by atoms with van der Waals surface area (Å²) < 4.78 is 223. The molecule has 0 radical (unpaired) electrons. The van der Waals surface area contributed by atoms with Gasteiger partial charge in [0.1, 0.15) is 0 Å². The quantitative estimate of drug-likeness (QED) is 0.240. The molecule has 0 atom stereocenters. The van der Waals surface area contributed by atoms with Crippen LogP contribution in [-0.2, 0) is 14.3 Å². The lowest BCUT2D eigenvalue weighted by molar-refractivity contribution is -0.461. The SMILES string of the molecule is CC(=O)O.CC(=O)OCCC(F)(F)C(F)(F)C(F)(F)C(F)(F)C(F)(F)C(F)(F)C(F)(F)C(F)(F)F.[SiH4]. The number of ether oxygens (including phenoxy) is 1. The number of carboxylic acids is 1. The Hall–Kier alpha value is -2.03. The van der Waals surface area contributed by atoms with Crippen molar-refractivity contribution >= 4 is 22.9 Å². The van der Waals surface area contributed by atoms with Crippen LogP contribution in [-0.4, -0.2) is 82.3 Å². The summed E-state index contributed by atoms with van der Waals surface area (Å²) >= 11 is 0. The summed E-state index contributed by atoms with van der Waals surface area (Å²) in [5.74, 6) is -59.0. The third-order valence-corrected chi connectivity index (χ3v) is 3.51. The predicted octanol–water partition coefficient (Wildman–Crippen LogP) is 4.59. The van der Waals surface area contributed by atoms with Gasteiger partial charge in [0.2, 0.25) is 0 Å². The van der Waals surface area contributed by atoms with Crippen LogP contribution in [0.2, 0.25) is 0 Å². The zero-order chi connectivity index (χ0) is 29.3. The van der Waals surface area contributed by atoms with Crippen molar-refractivity contribution in [3.63, 3.8) is 0 Å². The lowest BCUT2D eigenvalue weighted by Gasteiger charge is -2.42. The highest BCUT2D eigenvalue weighted by atomic mass is 28.1. The topological polar surface area (TPSA) is 63.6 Å². The van der Waals surface area contributed by atoms with E-state index in [-0.39, 0.29) is 11.0 Å². The van der Waals surface area contributed by atoms with E-state index in [1.165, 1.54) is 0 Å². The molecule has 0 heterocycles. The molecule has 0 aliphatic carbocycles. The zero-order valence-corrected chi connectivity index (χ0v) is 16.5. The smallest absolute Gasteiger partial charge is 0.460 e. The number of alkyl halides is 17. The van der Waals surface area contributed by atoms with Crippen LogP contribution in [0.15, 0.2) is 0 Å². The minimum atomic E-state index is -8.65. The van der Waals surface area contributed by atoms with E-state index in [1.54, 1.807) is 0 Å². The molecular weight excluding hydrogens is 583 g/mol. The number of halogens is 17. The second-order valence-electron chi connectivity index (χ2n) is 6.26. The normalized spacial score (nSPS) is 14.3. The van der Waals surface area contributed by atoms with Crippen LogP contribution in [0.5, 0.6) is 0 Å². The number of esters is 1. The minimum absolute atomic E-state index is 0. The summed E-state index contributed by atoms with van der Waals surface area (Å²) in [4.78, 5) is 19.3. The molecule has 22 heteroatoms. The number of aliphatic carboxylic acids is 1. The zero-order valence-electron chi connectivity index (χ0n) is 16.5. The molecule has 0 aromatic carbocycles. The number of carbonyl (C=O) groups is 2. The van der Waals surface area contributed by atoms with Crippen LogP contribution in [0.3, 0.4) is 0 Å². The Morgan fingerprint density at radius 3 is 1.08 bits per heavy atom. The highest BCUT2D eigenvalue weighted by molar-refractivity contribution is 5.75. The summed E-state index contributed by atoms with van der Waals surface area (Å²) in [7, 11) is 0. The molecule has 0 unspecified atom stereocenters. The van der Waals surface area contributed by atoms with Crippen LogP contribution in [0, 0.1) is 0 Å². The van der Waals surface area contributed by atoms with Crippen LogP contribution in [0.25, 0.3) is 0 Å². The van der Waals surface area contributed by atoms with E-state index in [9.17, 15) is 79.4 Å². The van der Waals surface area contributed by atoms with E-state index in [4.69, 9.17) is 9.90 Å². The maximum atomic E-state index is 13.3. The van der Waals surface area contributed by atoms with E-state index in [1.807, 2.05) is 0 Å². The lowest BCUT2D eigenvalue weighted by Crippen LogP contribution is -2.74. The van der Waals surface area contributed by atoms with E-state index in [2.05, 4.69) is 4.74 Å². The molecule has 0 saturated carbocycles. The second kappa shape index (κ2) is 11.2. The minimum Gasteiger partial charge on any atom is -0.481 e. The fourth-order valence-electron chi connectivity index (χ4n) is 1.68. The monoisotopic (exact) mass is 598 g/mol. The molecular formula is C14H15F17O4Si. The van der Waals surface area contributed by atoms with Gasteiger partial charge in [0, 0.05) is 13.8 Å². The molecule has 4 nitrogen and oxygen atoms in total. The van der Waals surface area contributed by atoms with Crippen molar-refractivity contribution in [3.8, 4) is 0 Å². The highest BCUT2D eigenvalue weighted by Crippen LogP contribution is 2.64. The Morgan fingerprint density at radius 2 is 0.833 bits per heavy atom. The van der Waals surface area contributed by atoms with Crippen molar-refractivity contribution in [3.05, 3.63) is 0 Å². The first-order valence-corrected chi connectivity index (χ1v) is 7.94. The van der Waals surface area contributed by atoms with E-state index >= 15 is 0 Å². The predicted molar refractivity (Wildman–Crippen MR) is 86.6 cm³/mol. The van der Waals surface area contributed by atoms with Gasteiger partial charge in [0.05, 0.1) is 13.0 Å². The molecule has 0 rings (SSSR count). The Balaban J connectivity index is -0.00000201. The van der Waals surface area contributed by atoms with Crippen molar-refractivity contribution < 1.29 is 94.1 Å². The molecule has 0 fully saturated rings. The van der Waals surface area contributed by atoms with Crippen LogP contribution >= 0.6 is 0 Å². The standard InChI is InChI=1S/C12H7F17O2.C2H4O2.H4Si/c1-4(30)31-3-2-5(13,14)6(15,16)7(17,18)8(19,20)9(21,22)10(23,24)11(25,26)12(27,28)29;1-2(3)4;/h2-3H2,1H3;1H3,(H,3,4);1H4. The first-order chi connectivity index (χ1) is 14.9. The van der Waals surface area contributed by atoms with Crippen molar-refractivity contribution in [2.45, 2.75) is 67.9 Å². The molecule has 0 aliphatic heterocycles. The number of hydrogen-bond donors (Lipinski definition) is 1. The Bertz CT molecular complexity index is 759. The van der Waals surface area contributed by atoms with Gasteiger partial charge >= 0.3 is 53.6 Å². The fourth-order valence-corrected chi connectivity index (χ4v) is 1.68. The summed E-state index contributed by atoms with van der Waals surface area (Å²) in [6.45, 7) is -0.402. The highest BCUT2D eigenvalue weighted by Gasteiger charge is 2.95. The molecule has 0 aromatic rings. The van der Waals surface area contributed by atoms with Crippen molar-refractivity contribution in [1.82, 2.24) is 0 Å². The molecule has 36 heavy (non-hydrogen) atoms. The van der Waals surface area contributed by atoms with Crippen LogP contribution < -0.4 is 0 Å². The number of hydrogen-bond acceptors (Lipinski definition) is 3. The summed E-state index contributed by atoms with van der Waals surface area (Å²) in [5.41, 5.74) is 0. The Morgan fingerprint density at radius 1 is 0.583 bits per heavy atom. The van der Waals surface area contributed by atoms with Crippen molar-refractivity contribution in [2.75, 3.05) is 6.61 Å². The van der Waals surface area contributed by atoms with Gasteiger partial charge in [-0.25, -0.2) is 0 Å². The van der Waals surface area contributed by atoms with E-state index in [0.717, 1.165) is 6.92 Å². The first-order valence-electron chi connectivity index (χ1n) is 7.94. The van der Waals surface area contributed by atoms with Gasteiger partial charge in [-0.05, 0) is 11.0 Å². The van der Waals surface area contributed by atoms with Gasteiger partial charge in [-0.3, -0.25) is 9.59 Å². The molecule has 0 spiro atoms. The largest absolute Gasteiger partial charge is 0.481 e. The van der Waals surface area contributed by atoms with E-state index < -0.39 is 72.6 Å². The van der Waals surface area contributed by atoms with Gasteiger partial charge in [0.15, 0.2) is 0 Å². The average Bonchev–Trinajstić information content (AvgIpc) is 2.58. The third kappa shape index (κ3) is 6.64. The third-order valence-electron chi connectivity index (χ3n) is 3.51. The number of rotatable bonds is 9. The summed E-state index contributed by atoms with van der Waals surface area (Å²) in [5, 5.41) is 7.42. The van der Waals surface area contributed by atoms with Gasteiger partial charge in [-0.15, -0.1) is 0 Å². The van der Waals surface area contributed by atoms with Gasteiger partial charge in [-0.1, -0.05) is 0 Å². The molecule has 218 valence electrons. The summed E-state index contributed by atoms with van der Waals surface area (Å²) in [6, 6.07) is 0. The van der Waals surface area contributed by atoms with Crippen molar-refractivity contribution in [2.24, 2.45) is 0 Å². The van der Waals surface area contributed by atoms with Crippen LogP contribution in [0.1, 0.15) is 20.3 Å². The lowest BCUT2D eigenvalue weighted by atomic mass is 9.88. The van der Waals surface area contributed by atoms with Crippen molar-refractivity contribution in [1.29, 1.82) is 0 Å². The molecule has 0 saturated heterocycles. The van der Waals surface area contributed by atoms with Gasteiger partial charge < -0.3 is 9.84 Å². The molecule has 0 aliphatic rings. The average molecular weight is 598 g/mol. The Labute approximate surface area is 192 Å². The second-order valence-corrected chi connectivity index (χ2v) is 6.26. The number of carbonyl (C=O) groups excluding carboxylic acids is 1. The molecule has 0 aromatic heterocycles. The van der Waals surface area contributed by atoms with Crippen LogP contribution in [0.4, 0.5) is 74.6 Å². The molecule has 1 N–H and O–H groups in total. The molecule has 0 amide bonds. The van der Waals surface area contributed by atoms with Gasteiger partial charge in [0.25, 0.3) is 5.97 Å². The maximum absolute atomic E-state index is 13.3. The molecule has 0 bridgehead atoms. The maximum Gasteiger partial charge on any atom is 0.460 e. The van der Waals surface area contributed by atoms with Gasteiger partial charge in [-0.2, -0.15) is 74.6 Å².